The van der Waals surface area contributed by atoms with E-state index in [2.05, 4.69) is 0 Å². The van der Waals surface area contributed by atoms with E-state index in [1.807, 2.05) is 31.2 Å². The van der Waals surface area contributed by atoms with Crippen molar-refractivity contribution in [2.75, 3.05) is 13.4 Å². The third-order valence-electron chi connectivity index (χ3n) is 1.88. The Hall–Kier alpha value is -1.06. The number of ether oxygens (including phenoxy) is 2. The van der Waals surface area contributed by atoms with Crippen molar-refractivity contribution in [3.05, 3.63) is 29.8 Å². The molecule has 1 aromatic rings. The summed E-state index contributed by atoms with van der Waals surface area (Å²) in [4.78, 5) is 0. The Morgan fingerprint density at radius 1 is 1.29 bits per heavy atom. The Morgan fingerprint density at radius 3 is 2.43 bits per heavy atom. The van der Waals surface area contributed by atoms with Gasteiger partial charge >= 0.3 is 0 Å². The summed E-state index contributed by atoms with van der Waals surface area (Å²) in [6, 6.07) is 7.32. The lowest BCUT2D eigenvalue weighted by Gasteiger charge is -2.07. The monoisotopic (exact) mass is 196 g/mol. The van der Waals surface area contributed by atoms with Gasteiger partial charge in [0.15, 0.2) is 6.79 Å². The Balaban J connectivity index is 2.47. The van der Waals surface area contributed by atoms with Crippen molar-refractivity contribution >= 4 is 0 Å². The molecule has 0 aliphatic heterocycles. The lowest BCUT2D eigenvalue weighted by atomic mass is 10.1. The average molecular weight is 196 g/mol. The largest absolute Gasteiger partial charge is 0.468 e. The van der Waals surface area contributed by atoms with E-state index >= 15 is 0 Å². The van der Waals surface area contributed by atoms with Crippen LogP contribution < -0.4 is 4.74 Å². The lowest BCUT2D eigenvalue weighted by molar-refractivity contribution is 0.0224. The second-order valence-electron chi connectivity index (χ2n) is 3.00. The number of hydrogen-bond donors (Lipinski definition) is 1. The topological polar surface area (TPSA) is 38.7 Å². The van der Waals surface area contributed by atoms with Crippen LogP contribution >= 0.6 is 0 Å². The molecule has 0 saturated carbocycles. The molecule has 14 heavy (non-hydrogen) atoms. The third kappa shape index (κ3) is 3.36. The maximum atomic E-state index is 9.26. The molecule has 0 heterocycles. The van der Waals surface area contributed by atoms with Gasteiger partial charge in [-0.05, 0) is 31.5 Å². The van der Waals surface area contributed by atoms with E-state index in [-0.39, 0.29) is 6.79 Å². The minimum Gasteiger partial charge on any atom is -0.468 e. The molecular formula is C11H16O3. The first-order valence-corrected chi connectivity index (χ1v) is 4.72. The van der Waals surface area contributed by atoms with Gasteiger partial charge in [-0.3, -0.25) is 0 Å². The van der Waals surface area contributed by atoms with Gasteiger partial charge in [0.1, 0.15) is 5.75 Å². The molecule has 0 aromatic heterocycles. The summed E-state index contributed by atoms with van der Waals surface area (Å²) in [6.45, 7) is 4.56. The number of aliphatic hydroxyl groups excluding tert-OH is 1. The number of aliphatic hydroxyl groups is 1. The van der Waals surface area contributed by atoms with Gasteiger partial charge in [-0.25, -0.2) is 0 Å². The van der Waals surface area contributed by atoms with Crippen molar-refractivity contribution in [1.82, 2.24) is 0 Å². The van der Waals surface area contributed by atoms with Crippen molar-refractivity contribution in [2.45, 2.75) is 20.0 Å². The molecule has 78 valence electrons. The van der Waals surface area contributed by atoms with E-state index in [1.165, 1.54) is 0 Å². The molecule has 1 aromatic carbocycles. The molecule has 0 saturated heterocycles. The van der Waals surface area contributed by atoms with Crippen LogP contribution in [0.15, 0.2) is 24.3 Å². The average Bonchev–Trinajstić information content (AvgIpc) is 2.19. The minimum atomic E-state index is -0.434. The van der Waals surface area contributed by atoms with Crippen molar-refractivity contribution in [3.63, 3.8) is 0 Å². The maximum absolute atomic E-state index is 9.26. The van der Waals surface area contributed by atoms with Crippen LogP contribution in [0, 0.1) is 0 Å². The fourth-order valence-electron chi connectivity index (χ4n) is 1.04. The fourth-order valence-corrected chi connectivity index (χ4v) is 1.04. The van der Waals surface area contributed by atoms with Gasteiger partial charge in [0.05, 0.1) is 6.10 Å². The third-order valence-corrected chi connectivity index (χ3v) is 1.88. The van der Waals surface area contributed by atoms with E-state index < -0.39 is 6.10 Å². The van der Waals surface area contributed by atoms with Gasteiger partial charge in [0.25, 0.3) is 0 Å². The molecule has 0 bridgehead atoms. The Labute approximate surface area is 84.3 Å². The molecular weight excluding hydrogens is 180 g/mol. The zero-order valence-electron chi connectivity index (χ0n) is 8.56. The van der Waals surface area contributed by atoms with Gasteiger partial charge in [-0.15, -0.1) is 0 Å². The normalized spacial score (nSPS) is 12.5. The molecule has 1 rings (SSSR count). The van der Waals surface area contributed by atoms with Crippen LogP contribution in [-0.2, 0) is 4.74 Å². The van der Waals surface area contributed by atoms with Crippen molar-refractivity contribution in [3.8, 4) is 5.75 Å². The van der Waals surface area contributed by atoms with E-state index in [0.29, 0.717) is 6.61 Å². The smallest absolute Gasteiger partial charge is 0.189 e. The van der Waals surface area contributed by atoms with E-state index in [1.54, 1.807) is 6.92 Å². The number of benzene rings is 1. The first-order chi connectivity index (χ1) is 6.74. The highest BCUT2D eigenvalue weighted by Gasteiger charge is 2.00. The van der Waals surface area contributed by atoms with Crippen LogP contribution in [0.1, 0.15) is 25.5 Å². The summed E-state index contributed by atoms with van der Waals surface area (Å²) in [7, 11) is 0. The Morgan fingerprint density at radius 2 is 1.93 bits per heavy atom. The minimum absolute atomic E-state index is 0.268. The molecule has 3 nitrogen and oxygen atoms in total. The summed E-state index contributed by atoms with van der Waals surface area (Å²) in [5.41, 5.74) is 0.883. The molecule has 0 unspecified atom stereocenters. The Bertz CT molecular complexity index is 254. The van der Waals surface area contributed by atoms with Gasteiger partial charge in [0, 0.05) is 6.61 Å². The molecule has 0 radical (unpaired) electrons. The molecule has 0 amide bonds. The van der Waals surface area contributed by atoms with Crippen LogP contribution in [0.5, 0.6) is 5.75 Å². The van der Waals surface area contributed by atoms with Crippen LogP contribution in [-0.4, -0.2) is 18.5 Å². The molecule has 1 atom stereocenters. The van der Waals surface area contributed by atoms with Crippen molar-refractivity contribution in [2.24, 2.45) is 0 Å². The van der Waals surface area contributed by atoms with Gasteiger partial charge in [-0.2, -0.15) is 0 Å². The Kier molecular flexibility index (Phi) is 4.43. The summed E-state index contributed by atoms with van der Waals surface area (Å²) >= 11 is 0. The van der Waals surface area contributed by atoms with Crippen molar-refractivity contribution in [1.29, 1.82) is 0 Å². The zero-order chi connectivity index (χ0) is 10.4. The van der Waals surface area contributed by atoms with Crippen LogP contribution in [0.2, 0.25) is 0 Å². The van der Waals surface area contributed by atoms with E-state index in [0.717, 1.165) is 11.3 Å². The van der Waals surface area contributed by atoms with E-state index in [9.17, 15) is 5.11 Å². The highest BCUT2D eigenvalue weighted by atomic mass is 16.7. The molecule has 0 aliphatic carbocycles. The van der Waals surface area contributed by atoms with Gasteiger partial charge in [0.2, 0.25) is 0 Å². The lowest BCUT2D eigenvalue weighted by Crippen LogP contribution is -2.02. The first-order valence-electron chi connectivity index (χ1n) is 4.72. The molecule has 0 aliphatic rings. The second-order valence-corrected chi connectivity index (χ2v) is 3.00. The van der Waals surface area contributed by atoms with Crippen molar-refractivity contribution < 1.29 is 14.6 Å². The quantitative estimate of drug-likeness (QED) is 0.579. The van der Waals surface area contributed by atoms with Crippen LogP contribution in [0.4, 0.5) is 0 Å². The molecule has 0 fully saturated rings. The number of rotatable bonds is 5. The fraction of sp³-hybridized carbons (Fsp3) is 0.455. The second kappa shape index (κ2) is 5.62. The van der Waals surface area contributed by atoms with Gasteiger partial charge < -0.3 is 14.6 Å². The highest BCUT2D eigenvalue weighted by molar-refractivity contribution is 5.28. The summed E-state index contributed by atoms with van der Waals surface area (Å²) < 4.78 is 10.3. The summed E-state index contributed by atoms with van der Waals surface area (Å²) in [6.07, 6.45) is -0.434. The zero-order valence-corrected chi connectivity index (χ0v) is 8.56. The first kappa shape index (κ1) is 11.0. The van der Waals surface area contributed by atoms with Crippen LogP contribution in [0.25, 0.3) is 0 Å². The maximum Gasteiger partial charge on any atom is 0.189 e. The highest BCUT2D eigenvalue weighted by Crippen LogP contribution is 2.16. The summed E-state index contributed by atoms with van der Waals surface area (Å²) in [5.74, 6) is 0.753. The summed E-state index contributed by atoms with van der Waals surface area (Å²) in [5, 5.41) is 9.26. The predicted molar refractivity (Wildman–Crippen MR) is 54.2 cm³/mol. The number of hydrogen-bond acceptors (Lipinski definition) is 3. The molecule has 3 heteroatoms. The molecule has 0 spiro atoms. The van der Waals surface area contributed by atoms with Gasteiger partial charge in [-0.1, -0.05) is 12.1 Å². The standard InChI is InChI=1S/C11H16O3/c1-3-13-8-14-11-6-4-10(5-7-11)9(2)12/h4-7,9,12H,3,8H2,1-2H3/t9-/m1/s1. The SMILES string of the molecule is CCOCOc1ccc([C@@H](C)O)cc1. The predicted octanol–water partition coefficient (Wildman–Crippen LogP) is 2.11. The van der Waals surface area contributed by atoms with E-state index in [4.69, 9.17) is 9.47 Å². The molecule has 1 N–H and O–H groups in total. The van der Waals surface area contributed by atoms with Crippen LogP contribution in [0.3, 0.4) is 0 Å².